The van der Waals surface area contributed by atoms with Gasteiger partial charge in [-0.25, -0.2) is 4.79 Å². The van der Waals surface area contributed by atoms with E-state index in [1.165, 1.54) is 9.80 Å². The van der Waals surface area contributed by atoms with E-state index in [-0.39, 0.29) is 12.6 Å². The Morgan fingerprint density at radius 2 is 1.96 bits per heavy atom. The minimum atomic E-state index is -0.938. The number of nitrogens with zero attached hydrogens (tertiary/aromatic N) is 2. The van der Waals surface area contributed by atoms with Gasteiger partial charge < -0.3 is 19.5 Å². The number of methoxy groups -OCH3 is 1. The standard InChI is InChI=1S/C19H21BrN2O4/c1-21(16-8-6-15(20)7-9-16)19(25)22(17(12-23)13-24)11-14-4-3-5-18(10-14)26-2/h3-10,12,17,24H,11,13H2,1-2H3. The number of aldehydes is 1. The SMILES string of the molecule is COc1cccc(CN(C(=O)N(C)c2ccc(Br)cc2)C(C=O)CO)c1. The number of rotatable bonds is 7. The number of amides is 2. The number of aliphatic hydroxyl groups excluding tert-OH is 1. The van der Waals surface area contributed by atoms with Crippen LogP contribution in [0, 0.1) is 0 Å². The number of anilines is 1. The molecule has 7 heteroatoms. The lowest BCUT2D eigenvalue weighted by atomic mass is 10.1. The summed E-state index contributed by atoms with van der Waals surface area (Å²) in [6, 6.07) is 13.1. The Hall–Kier alpha value is -2.38. The van der Waals surface area contributed by atoms with Gasteiger partial charge in [0.2, 0.25) is 0 Å². The van der Waals surface area contributed by atoms with Crippen LogP contribution >= 0.6 is 15.9 Å². The molecule has 0 saturated heterocycles. The van der Waals surface area contributed by atoms with Crippen LogP contribution in [0.25, 0.3) is 0 Å². The maximum Gasteiger partial charge on any atom is 0.325 e. The Kier molecular flexibility index (Phi) is 7.17. The fourth-order valence-electron chi connectivity index (χ4n) is 2.48. The molecule has 0 radical (unpaired) electrons. The molecule has 6 nitrogen and oxygen atoms in total. The van der Waals surface area contributed by atoms with Gasteiger partial charge >= 0.3 is 6.03 Å². The second-order valence-electron chi connectivity index (χ2n) is 5.68. The van der Waals surface area contributed by atoms with Crippen molar-refractivity contribution in [2.45, 2.75) is 12.6 Å². The Morgan fingerprint density at radius 3 is 2.54 bits per heavy atom. The normalized spacial score (nSPS) is 11.5. The Bertz CT molecular complexity index is 751. The van der Waals surface area contributed by atoms with E-state index in [0.29, 0.717) is 17.7 Å². The van der Waals surface area contributed by atoms with E-state index < -0.39 is 12.6 Å². The zero-order valence-corrected chi connectivity index (χ0v) is 16.2. The molecular weight excluding hydrogens is 400 g/mol. The van der Waals surface area contributed by atoms with Gasteiger partial charge in [-0.3, -0.25) is 4.90 Å². The largest absolute Gasteiger partial charge is 0.497 e. The molecule has 0 fully saturated rings. The summed E-state index contributed by atoms with van der Waals surface area (Å²) in [7, 11) is 3.19. The van der Waals surface area contributed by atoms with Crippen LogP contribution in [-0.4, -0.2) is 49.1 Å². The molecule has 2 aromatic carbocycles. The second kappa shape index (κ2) is 9.35. The summed E-state index contributed by atoms with van der Waals surface area (Å²) in [5.74, 6) is 0.655. The van der Waals surface area contributed by atoms with Crippen molar-refractivity contribution in [2.24, 2.45) is 0 Å². The minimum Gasteiger partial charge on any atom is -0.497 e. The maximum atomic E-state index is 13.0. The number of benzene rings is 2. The van der Waals surface area contributed by atoms with Gasteiger partial charge in [-0.15, -0.1) is 0 Å². The highest BCUT2D eigenvalue weighted by Crippen LogP contribution is 2.21. The molecule has 2 amide bonds. The van der Waals surface area contributed by atoms with Crippen LogP contribution in [0.1, 0.15) is 5.56 Å². The van der Waals surface area contributed by atoms with E-state index >= 15 is 0 Å². The molecular formula is C19H21BrN2O4. The molecule has 0 aliphatic heterocycles. The van der Waals surface area contributed by atoms with Crippen molar-refractivity contribution in [2.75, 3.05) is 25.7 Å². The van der Waals surface area contributed by atoms with Crippen molar-refractivity contribution >= 4 is 33.9 Å². The van der Waals surface area contributed by atoms with Gasteiger partial charge in [0.25, 0.3) is 0 Å². The number of ether oxygens (including phenoxy) is 1. The third-order valence-corrected chi connectivity index (χ3v) is 4.51. The monoisotopic (exact) mass is 420 g/mol. The maximum absolute atomic E-state index is 13.0. The summed E-state index contributed by atoms with van der Waals surface area (Å²) in [5, 5.41) is 9.54. The Balaban J connectivity index is 2.29. The average molecular weight is 421 g/mol. The summed E-state index contributed by atoms with van der Waals surface area (Å²) >= 11 is 3.36. The predicted octanol–water partition coefficient (Wildman–Crippen LogP) is 3.08. The molecule has 0 aliphatic carbocycles. The molecule has 0 saturated carbocycles. The fourth-order valence-corrected chi connectivity index (χ4v) is 2.74. The van der Waals surface area contributed by atoms with Crippen LogP contribution in [0.4, 0.5) is 10.5 Å². The van der Waals surface area contributed by atoms with Crippen molar-refractivity contribution in [3.05, 3.63) is 58.6 Å². The van der Waals surface area contributed by atoms with Crippen LogP contribution in [-0.2, 0) is 11.3 Å². The number of aliphatic hydroxyl groups is 1. The predicted molar refractivity (Wildman–Crippen MR) is 103 cm³/mol. The van der Waals surface area contributed by atoms with E-state index in [1.807, 2.05) is 24.3 Å². The molecule has 0 aromatic heterocycles. The number of urea groups is 1. The first-order chi connectivity index (χ1) is 12.5. The van der Waals surface area contributed by atoms with E-state index in [4.69, 9.17) is 4.74 Å². The highest BCUT2D eigenvalue weighted by Gasteiger charge is 2.26. The highest BCUT2D eigenvalue weighted by atomic mass is 79.9. The molecule has 0 heterocycles. The number of halogens is 1. The van der Waals surface area contributed by atoms with Gasteiger partial charge in [-0.1, -0.05) is 28.1 Å². The van der Waals surface area contributed by atoms with Gasteiger partial charge in [0.1, 0.15) is 18.1 Å². The van der Waals surface area contributed by atoms with Gasteiger partial charge in [-0.05, 0) is 42.0 Å². The second-order valence-corrected chi connectivity index (χ2v) is 6.60. The van der Waals surface area contributed by atoms with Gasteiger partial charge in [0, 0.05) is 23.8 Å². The number of hydrogen-bond donors (Lipinski definition) is 1. The van der Waals surface area contributed by atoms with E-state index in [9.17, 15) is 14.7 Å². The molecule has 0 aliphatic rings. The third kappa shape index (κ3) is 4.83. The van der Waals surface area contributed by atoms with Crippen LogP contribution in [0.15, 0.2) is 53.0 Å². The molecule has 0 spiro atoms. The van der Waals surface area contributed by atoms with E-state index in [0.717, 1.165) is 10.0 Å². The number of carbonyl (C=O) groups excluding carboxylic acids is 2. The highest BCUT2D eigenvalue weighted by molar-refractivity contribution is 9.10. The third-order valence-electron chi connectivity index (χ3n) is 3.98. The Labute approximate surface area is 161 Å². The van der Waals surface area contributed by atoms with Crippen LogP contribution < -0.4 is 9.64 Å². The number of hydrogen-bond acceptors (Lipinski definition) is 4. The van der Waals surface area contributed by atoms with Crippen molar-refractivity contribution in [1.82, 2.24) is 4.90 Å². The molecule has 1 N–H and O–H groups in total. The van der Waals surface area contributed by atoms with Gasteiger partial charge in [0.05, 0.1) is 13.7 Å². The number of carbonyl (C=O) groups is 2. The zero-order chi connectivity index (χ0) is 19.1. The molecule has 1 unspecified atom stereocenters. The summed E-state index contributed by atoms with van der Waals surface area (Å²) in [6.07, 6.45) is 0.577. The first-order valence-electron chi connectivity index (χ1n) is 7.99. The molecule has 138 valence electrons. The van der Waals surface area contributed by atoms with Gasteiger partial charge in [-0.2, -0.15) is 0 Å². The fraction of sp³-hybridized carbons (Fsp3) is 0.263. The molecule has 2 aromatic rings. The van der Waals surface area contributed by atoms with Crippen molar-refractivity contribution in [1.29, 1.82) is 0 Å². The first kappa shape index (κ1) is 19.9. The molecule has 0 bridgehead atoms. The zero-order valence-electron chi connectivity index (χ0n) is 14.6. The summed E-state index contributed by atoms with van der Waals surface area (Å²) < 4.78 is 6.10. The molecule has 26 heavy (non-hydrogen) atoms. The smallest absolute Gasteiger partial charge is 0.325 e. The van der Waals surface area contributed by atoms with Crippen molar-refractivity contribution in [3.63, 3.8) is 0 Å². The summed E-state index contributed by atoms with van der Waals surface area (Å²) in [4.78, 5) is 27.2. The van der Waals surface area contributed by atoms with Gasteiger partial charge in [0.15, 0.2) is 0 Å². The molecule has 1 atom stereocenters. The van der Waals surface area contributed by atoms with Crippen LogP contribution in [0.5, 0.6) is 5.75 Å². The lowest BCUT2D eigenvalue weighted by molar-refractivity contribution is -0.112. The quantitative estimate of drug-likeness (QED) is 0.698. The molecule has 2 rings (SSSR count). The lowest BCUT2D eigenvalue weighted by Crippen LogP contribution is -2.48. The van der Waals surface area contributed by atoms with Crippen molar-refractivity contribution in [3.8, 4) is 5.75 Å². The van der Waals surface area contributed by atoms with E-state index in [1.54, 1.807) is 38.4 Å². The summed E-state index contributed by atoms with van der Waals surface area (Å²) in [6.45, 7) is -0.283. The Morgan fingerprint density at radius 1 is 1.27 bits per heavy atom. The van der Waals surface area contributed by atoms with Crippen LogP contribution in [0.2, 0.25) is 0 Å². The van der Waals surface area contributed by atoms with Crippen molar-refractivity contribution < 1.29 is 19.4 Å². The van der Waals surface area contributed by atoms with Crippen LogP contribution in [0.3, 0.4) is 0 Å². The lowest BCUT2D eigenvalue weighted by Gasteiger charge is -2.31. The minimum absolute atomic E-state index is 0.168. The average Bonchev–Trinajstić information content (AvgIpc) is 2.67. The first-order valence-corrected chi connectivity index (χ1v) is 8.78. The van der Waals surface area contributed by atoms with E-state index in [2.05, 4.69) is 15.9 Å². The summed E-state index contributed by atoms with van der Waals surface area (Å²) in [5.41, 5.74) is 1.47. The topological polar surface area (TPSA) is 70.1 Å².